The Morgan fingerprint density at radius 1 is 0.966 bits per heavy atom. The number of amides is 2. The lowest BCUT2D eigenvalue weighted by Crippen LogP contribution is -2.46. The molecule has 3 aliphatic rings. The van der Waals surface area contributed by atoms with E-state index in [2.05, 4.69) is 16.7 Å². The number of piperidine rings is 2. The van der Waals surface area contributed by atoms with Crippen molar-refractivity contribution < 1.29 is 14.0 Å². The molecular weight excluding hydrogens is 369 g/mol. The van der Waals surface area contributed by atoms with E-state index in [1.54, 1.807) is 0 Å². The number of nitrogens with zero attached hydrogens (tertiary/aromatic N) is 3. The minimum absolute atomic E-state index is 0.164. The first-order valence-corrected chi connectivity index (χ1v) is 11.1. The van der Waals surface area contributed by atoms with Crippen LogP contribution in [-0.2, 0) is 9.59 Å². The average molecular weight is 402 g/mol. The number of hydrogen-bond donors (Lipinski definition) is 0. The molecule has 3 heterocycles. The second kappa shape index (κ2) is 8.92. The summed E-state index contributed by atoms with van der Waals surface area (Å²) in [5.41, 5.74) is 0.467. The first-order valence-electron chi connectivity index (χ1n) is 11.1. The molecule has 3 aliphatic heterocycles. The second-order valence-electron chi connectivity index (χ2n) is 9.06. The van der Waals surface area contributed by atoms with Crippen LogP contribution in [0.1, 0.15) is 45.4 Å². The maximum absolute atomic E-state index is 13.2. The van der Waals surface area contributed by atoms with Gasteiger partial charge in [-0.2, -0.15) is 0 Å². The van der Waals surface area contributed by atoms with E-state index in [9.17, 15) is 14.0 Å². The van der Waals surface area contributed by atoms with E-state index in [1.165, 1.54) is 68.1 Å². The Kier molecular flexibility index (Phi) is 6.30. The third-order valence-corrected chi connectivity index (χ3v) is 7.03. The van der Waals surface area contributed by atoms with Gasteiger partial charge in [0.1, 0.15) is 5.82 Å². The normalized spacial score (nSPS) is 25.9. The zero-order chi connectivity index (χ0) is 20.4. The van der Waals surface area contributed by atoms with Gasteiger partial charge in [-0.05, 0) is 101 Å². The van der Waals surface area contributed by atoms with Gasteiger partial charge in [0.25, 0.3) is 5.91 Å². The van der Waals surface area contributed by atoms with Crippen LogP contribution in [-0.4, -0.2) is 60.4 Å². The molecule has 1 aromatic rings. The summed E-state index contributed by atoms with van der Waals surface area (Å²) < 4.78 is 13.2. The van der Waals surface area contributed by atoms with Crippen LogP contribution < -0.4 is 4.90 Å². The molecule has 3 fully saturated rings. The van der Waals surface area contributed by atoms with Crippen LogP contribution >= 0.6 is 0 Å². The van der Waals surface area contributed by atoms with Crippen LogP contribution in [0.5, 0.6) is 0 Å². The topological polar surface area (TPSA) is 43.9 Å². The molecule has 3 saturated heterocycles. The highest BCUT2D eigenvalue weighted by Crippen LogP contribution is 2.30. The molecule has 29 heavy (non-hydrogen) atoms. The predicted molar refractivity (Wildman–Crippen MR) is 111 cm³/mol. The molecular formula is C23H32FN3O2. The van der Waals surface area contributed by atoms with E-state index >= 15 is 0 Å². The maximum Gasteiger partial charge on any atom is 0.251 e. The van der Waals surface area contributed by atoms with E-state index in [4.69, 9.17) is 0 Å². The molecule has 2 amide bonds. The summed E-state index contributed by atoms with van der Waals surface area (Å²) in [5, 5.41) is 0. The molecule has 1 unspecified atom stereocenters. The van der Waals surface area contributed by atoms with Gasteiger partial charge in [-0.3, -0.25) is 14.5 Å². The van der Waals surface area contributed by atoms with Crippen LogP contribution in [0.25, 0.3) is 0 Å². The molecule has 0 radical (unpaired) electrons. The summed E-state index contributed by atoms with van der Waals surface area (Å²) >= 11 is 0. The number of imide groups is 1. The van der Waals surface area contributed by atoms with Gasteiger partial charge in [-0.1, -0.05) is 6.92 Å². The number of anilines is 1. The minimum atomic E-state index is -0.370. The number of benzene rings is 1. The Morgan fingerprint density at radius 2 is 1.62 bits per heavy atom. The van der Waals surface area contributed by atoms with Crippen LogP contribution in [0, 0.1) is 17.7 Å². The van der Waals surface area contributed by atoms with Crippen LogP contribution in [0.15, 0.2) is 24.3 Å². The summed E-state index contributed by atoms with van der Waals surface area (Å²) in [6.45, 7) is 7.76. The van der Waals surface area contributed by atoms with Gasteiger partial charge in [0, 0.05) is 0 Å². The van der Waals surface area contributed by atoms with Gasteiger partial charge < -0.3 is 4.90 Å². The fraction of sp³-hybridized carbons (Fsp3) is 0.652. The Morgan fingerprint density at radius 3 is 2.28 bits per heavy atom. The van der Waals surface area contributed by atoms with Crippen molar-refractivity contribution in [2.24, 2.45) is 11.8 Å². The Bertz CT molecular complexity index is 722. The Labute approximate surface area is 172 Å². The van der Waals surface area contributed by atoms with Crippen molar-refractivity contribution in [3.8, 4) is 0 Å². The third kappa shape index (κ3) is 4.69. The van der Waals surface area contributed by atoms with Gasteiger partial charge >= 0.3 is 0 Å². The molecule has 0 aromatic heterocycles. The molecule has 0 N–H and O–H groups in total. The predicted octanol–water partition coefficient (Wildman–Crippen LogP) is 3.29. The molecule has 0 bridgehead atoms. The van der Waals surface area contributed by atoms with Gasteiger partial charge in [-0.25, -0.2) is 9.29 Å². The number of hydrogen-bond acceptors (Lipinski definition) is 4. The largest absolute Gasteiger partial charge is 0.303 e. The van der Waals surface area contributed by atoms with Crippen molar-refractivity contribution in [1.29, 1.82) is 0 Å². The molecule has 0 saturated carbocycles. The fourth-order valence-corrected chi connectivity index (χ4v) is 4.97. The highest BCUT2D eigenvalue weighted by Gasteiger charge is 2.43. The van der Waals surface area contributed by atoms with Gasteiger partial charge in [0.15, 0.2) is 0 Å². The maximum atomic E-state index is 13.2. The molecule has 6 heteroatoms. The van der Waals surface area contributed by atoms with Crippen molar-refractivity contribution in [3.63, 3.8) is 0 Å². The van der Waals surface area contributed by atoms with Crippen molar-refractivity contribution in [1.82, 2.24) is 9.80 Å². The first-order chi connectivity index (χ1) is 14.0. The van der Waals surface area contributed by atoms with E-state index < -0.39 is 0 Å². The van der Waals surface area contributed by atoms with Crippen LogP contribution in [0.2, 0.25) is 0 Å². The summed E-state index contributed by atoms with van der Waals surface area (Å²) in [4.78, 5) is 31.4. The van der Waals surface area contributed by atoms with E-state index in [0.29, 0.717) is 11.6 Å². The zero-order valence-corrected chi connectivity index (χ0v) is 17.4. The molecule has 1 aromatic carbocycles. The van der Waals surface area contributed by atoms with Gasteiger partial charge in [0.05, 0.1) is 18.2 Å². The van der Waals surface area contributed by atoms with E-state index in [1.807, 2.05) is 0 Å². The summed E-state index contributed by atoms with van der Waals surface area (Å²) in [6.07, 6.45) is 6.30. The molecule has 1 atom stereocenters. The standard InChI is InChI=1S/C23H32FN3O2/c1-17-6-11-25(12-7-17)13-8-18-9-14-26(15-10-18)21-16-22(28)27(23(21)29)20-4-2-19(24)3-5-20/h2-5,17-18,21H,6-16H2,1H3. The SMILES string of the molecule is CC1CCN(CCC2CCN(C3CC(=O)N(c4ccc(F)cc4)C3=O)CC2)CC1. The molecule has 4 rings (SSSR count). The molecule has 0 aliphatic carbocycles. The summed E-state index contributed by atoms with van der Waals surface area (Å²) in [6, 6.07) is 5.22. The van der Waals surface area contributed by atoms with Crippen molar-refractivity contribution >= 4 is 17.5 Å². The quantitative estimate of drug-likeness (QED) is 0.710. The summed E-state index contributed by atoms with van der Waals surface area (Å²) in [5.74, 6) is 0.864. The highest BCUT2D eigenvalue weighted by atomic mass is 19.1. The lowest BCUT2D eigenvalue weighted by atomic mass is 9.91. The van der Waals surface area contributed by atoms with Crippen molar-refractivity contribution in [2.75, 3.05) is 37.6 Å². The summed E-state index contributed by atoms with van der Waals surface area (Å²) in [7, 11) is 0. The Balaban J connectivity index is 1.27. The van der Waals surface area contributed by atoms with Crippen LogP contribution in [0.3, 0.4) is 0 Å². The van der Waals surface area contributed by atoms with Crippen molar-refractivity contribution in [2.45, 2.75) is 51.5 Å². The number of carbonyl (C=O) groups is 2. The third-order valence-electron chi connectivity index (χ3n) is 7.03. The number of rotatable bonds is 5. The second-order valence-corrected chi connectivity index (χ2v) is 9.06. The highest BCUT2D eigenvalue weighted by molar-refractivity contribution is 6.22. The molecule has 5 nitrogen and oxygen atoms in total. The number of halogens is 1. The smallest absolute Gasteiger partial charge is 0.251 e. The molecule has 0 spiro atoms. The molecule has 158 valence electrons. The number of carbonyl (C=O) groups excluding carboxylic acids is 2. The fourth-order valence-electron chi connectivity index (χ4n) is 4.97. The van der Waals surface area contributed by atoms with E-state index in [0.717, 1.165) is 31.8 Å². The lowest BCUT2D eigenvalue weighted by molar-refractivity contribution is -0.123. The lowest BCUT2D eigenvalue weighted by Gasteiger charge is -2.36. The Hall–Kier alpha value is -1.79. The van der Waals surface area contributed by atoms with Crippen molar-refractivity contribution in [3.05, 3.63) is 30.1 Å². The zero-order valence-electron chi connectivity index (χ0n) is 17.4. The van der Waals surface area contributed by atoms with Crippen LogP contribution in [0.4, 0.5) is 10.1 Å². The average Bonchev–Trinajstić information content (AvgIpc) is 3.03. The first kappa shape index (κ1) is 20.5. The van der Waals surface area contributed by atoms with Gasteiger partial charge in [-0.15, -0.1) is 0 Å². The number of likely N-dealkylation sites (tertiary alicyclic amines) is 2. The monoisotopic (exact) mass is 401 g/mol. The minimum Gasteiger partial charge on any atom is -0.303 e. The van der Waals surface area contributed by atoms with E-state index in [-0.39, 0.29) is 30.1 Å². The van der Waals surface area contributed by atoms with Gasteiger partial charge in [0.2, 0.25) is 5.91 Å².